The van der Waals surface area contributed by atoms with Gasteiger partial charge in [-0.25, -0.2) is 9.97 Å². The Bertz CT molecular complexity index is 493. The molecule has 0 saturated heterocycles. The lowest BCUT2D eigenvalue weighted by molar-refractivity contribution is -0.383. The van der Waals surface area contributed by atoms with Gasteiger partial charge in [0.1, 0.15) is 6.33 Å². The number of nitrogens with zero attached hydrogens (tertiary/aromatic N) is 4. The van der Waals surface area contributed by atoms with Gasteiger partial charge in [-0.15, -0.1) is 0 Å². The number of aromatic nitrogens is 2. The summed E-state index contributed by atoms with van der Waals surface area (Å²) < 4.78 is 0. The molecule has 0 aliphatic rings. The number of nitro groups is 1. The third kappa shape index (κ3) is 3.77. The van der Waals surface area contributed by atoms with Gasteiger partial charge in [-0.3, -0.25) is 14.9 Å². The molecule has 0 aromatic carbocycles. The van der Waals surface area contributed by atoms with Crippen LogP contribution in [0.25, 0.3) is 0 Å². The second kappa shape index (κ2) is 7.22. The Labute approximate surface area is 116 Å². The van der Waals surface area contributed by atoms with Crippen molar-refractivity contribution in [3.05, 3.63) is 16.4 Å². The SMILES string of the molecule is CCNc1ncnc(N(C)CCC(=O)NC)c1[N+](=O)[O-]. The van der Waals surface area contributed by atoms with Crippen LogP contribution in [0.5, 0.6) is 0 Å². The Morgan fingerprint density at radius 3 is 2.75 bits per heavy atom. The minimum atomic E-state index is -0.524. The zero-order chi connectivity index (χ0) is 15.1. The zero-order valence-electron chi connectivity index (χ0n) is 11.7. The van der Waals surface area contributed by atoms with E-state index < -0.39 is 4.92 Å². The molecule has 20 heavy (non-hydrogen) atoms. The predicted octanol–water partition coefficient (Wildman–Crippen LogP) is 0.389. The van der Waals surface area contributed by atoms with E-state index in [1.54, 1.807) is 19.0 Å². The van der Waals surface area contributed by atoms with E-state index in [2.05, 4.69) is 20.6 Å². The average molecular weight is 282 g/mol. The van der Waals surface area contributed by atoms with Crippen molar-refractivity contribution >= 4 is 23.2 Å². The van der Waals surface area contributed by atoms with Crippen molar-refractivity contribution in [2.45, 2.75) is 13.3 Å². The first-order valence-electron chi connectivity index (χ1n) is 6.16. The molecule has 0 unspecified atom stereocenters. The average Bonchev–Trinajstić information content (AvgIpc) is 2.44. The van der Waals surface area contributed by atoms with E-state index in [1.807, 2.05) is 6.92 Å². The molecule has 0 fully saturated rings. The van der Waals surface area contributed by atoms with Gasteiger partial charge in [-0.05, 0) is 6.92 Å². The van der Waals surface area contributed by atoms with Gasteiger partial charge in [-0.2, -0.15) is 0 Å². The van der Waals surface area contributed by atoms with E-state index in [4.69, 9.17) is 0 Å². The van der Waals surface area contributed by atoms with Crippen molar-refractivity contribution in [3.8, 4) is 0 Å². The summed E-state index contributed by atoms with van der Waals surface area (Å²) in [5, 5.41) is 16.5. The molecule has 1 heterocycles. The fourth-order valence-corrected chi connectivity index (χ4v) is 1.61. The molecule has 110 valence electrons. The van der Waals surface area contributed by atoms with Crippen molar-refractivity contribution in [2.24, 2.45) is 0 Å². The van der Waals surface area contributed by atoms with Gasteiger partial charge in [-0.1, -0.05) is 0 Å². The van der Waals surface area contributed by atoms with E-state index in [9.17, 15) is 14.9 Å². The molecule has 0 bridgehead atoms. The van der Waals surface area contributed by atoms with E-state index >= 15 is 0 Å². The Morgan fingerprint density at radius 1 is 1.50 bits per heavy atom. The lowest BCUT2D eigenvalue weighted by Crippen LogP contribution is -2.27. The fourth-order valence-electron chi connectivity index (χ4n) is 1.61. The molecule has 0 spiro atoms. The minimum Gasteiger partial charge on any atom is -0.364 e. The Morgan fingerprint density at radius 2 is 2.20 bits per heavy atom. The summed E-state index contributed by atoms with van der Waals surface area (Å²) >= 11 is 0. The second-order valence-corrected chi connectivity index (χ2v) is 4.03. The molecule has 1 rings (SSSR count). The minimum absolute atomic E-state index is 0.138. The van der Waals surface area contributed by atoms with Gasteiger partial charge in [0.15, 0.2) is 0 Å². The summed E-state index contributed by atoms with van der Waals surface area (Å²) in [7, 11) is 3.19. The van der Waals surface area contributed by atoms with Gasteiger partial charge in [0.05, 0.1) is 4.92 Å². The van der Waals surface area contributed by atoms with Gasteiger partial charge in [0.25, 0.3) is 0 Å². The van der Waals surface area contributed by atoms with Gasteiger partial charge < -0.3 is 15.5 Å². The number of anilines is 2. The predicted molar refractivity (Wildman–Crippen MR) is 74.8 cm³/mol. The Balaban J connectivity index is 3.01. The van der Waals surface area contributed by atoms with Crippen LogP contribution in [0, 0.1) is 10.1 Å². The lowest BCUT2D eigenvalue weighted by Gasteiger charge is -2.18. The summed E-state index contributed by atoms with van der Waals surface area (Å²) in [5.41, 5.74) is -0.186. The number of rotatable bonds is 7. The summed E-state index contributed by atoms with van der Waals surface area (Å²) in [6.07, 6.45) is 1.49. The van der Waals surface area contributed by atoms with Crippen LogP contribution in [-0.4, -0.2) is 48.0 Å². The van der Waals surface area contributed by atoms with E-state index in [1.165, 1.54) is 6.33 Å². The maximum absolute atomic E-state index is 11.2. The highest BCUT2D eigenvalue weighted by atomic mass is 16.6. The molecule has 0 atom stereocenters. The van der Waals surface area contributed by atoms with E-state index in [-0.39, 0.29) is 29.7 Å². The van der Waals surface area contributed by atoms with Crippen molar-refractivity contribution in [2.75, 3.05) is 37.4 Å². The largest absolute Gasteiger partial charge is 0.364 e. The van der Waals surface area contributed by atoms with Crippen molar-refractivity contribution in [3.63, 3.8) is 0 Å². The zero-order valence-corrected chi connectivity index (χ0v) is 11.7. The van der Waals surface area contributed by atoms with Gasteiger partial charge in [0.2, 0.25) is 17.5 Å². The highest BCUT2D eigenvalue weighted by Crippen LogP contribution is 2.30. The van der Waals surface area contributed by atoms with Gasteiger partial charge in [0, 0.05) is 33.6 Å². The summed E-state index contributed by atoms with van der Waals surface area (Å²) in [6, 6.07) is 0. The second-order valence-electron chi connectivity index (χ2n) is 4.03. The van der Waals surface area contributed by atoms with E-state index in [0.717, 1.165) is 0 Å². The first kappa shape index (κ1) is 15.6. The molecule has 2 N–H and O–H groups in total. The fraction of sp³-hybridized carbons (Fsp3) is 0.545. The molecule has 9 heteroatoms. The third-order valence-corrected chi connectivity index (χ3v) is 2.64. The first-order valence-corrected chi connectivity index (χ1v) is 6.16. The molecule has 0 radical (unpaired) electrons. The van der Waals surface area contributed by atoms with Crippen LogP contribution >= 0.6 is 0 Å². The maximum Gasteiger partial charge on any atom is 0.353 e. The quantitative estimate of drug-likeness (QED) is 0.549. The number of hydrogen-bond acceptors (Lipinski definition) is 7. The summed E-state index contributed by atoms with van der Waals surface area (Å²) in [4.78, 5) is 31.3. The van der Waals surface area contributed by atoms with Crippen LogP contribution in [0.3, 0.4) is 0 Å². The molecule has 1 amide bonds. The molecular weight excluding hydrogens is 264 g/mol. The van der Waals surface area contributed by atoms with Crippen LogP contribution in [0.1, 0.15) is 13.3 Å². The van der Waals surface area contributed by atoms with Crippen molar-refractivity contribution < 1.29 is 9.72 Å². The number of amides is 1. The van der Waals surface area contributed by atoms with Gasteiger partial charge >= 0.3 is 5.69 Å². The summed E-state index contributed by atoms with van der Waals surface area (Å²) in [5.74, 6) is 0.222. The molecule has 0 saturated carbocycles. The standard InChI is InChI=1S/C11H18N6O3/c1-4-13-10-9(17(19)20)11(15-7-14-10)16(3)6-5-8(18)12-2/h7H,4-6H2,1-3H3,(H,12,18)(H,13,14,15). The van der Waals surface area contributed by atoms with Crippen LogP contribution < -0.4 is 15.5 Å². The number of nitrogens with one attached hydrogen (secondary N) is 2. The Kier molecular flexibility index (Phi) is 5.63. The molecule has 1 aromatic heterocycles. The Hall–Kier alpha value is -2.45. The normalized spacial score (nSPS) is 9.95. The number of carbonyl (C=O) groups excluding carboxylic acids is 1. The highest BCUT2D eigenvalue weighted by molar-refractivity contribution is 5.76. The van der Waals surface area contributed by atoms with Crippen LogP contribution in [-0.2, 0) is 4.79 Å². The van der Waals surface area contributed by atoms with Crippen molar-refractivity contribution in [1.29, 1.82) is 0 Å². The molecular formula is C11H18N6O3. The summed E-state index contributed by atoms with van der Waals surface area (Å²) in [6.45, 7) is 2.66. The van der Waals surface area contributed by atoms with Crippen LogP contribution in [0.15, 0.2) is 6.33 Å². The monoisotopic (exact) mass is 282 g/mol. The third-order valence-electron chi connectivity index (χ3n) is 2.64. The number of hydrogen-bond donors (Lipinski definition) is 2. The topological polar surface area (TPSA) is 113 Å². The molecule has 9 nitrogen and oxygen atoms in total. The van der Waals surface area contributed by atoms with E-state index in [0.29, 0.717) is 13.1 Å². The van der Waals surface area contributed by atoms with Crippen molar-refractivity contribution in [1.82, 2.24) is 15.3 Å². The lowest BCUT2D eigenvalue weighted by atomic mass is 10.3. The van der Waals surface area contributed by atoms with Crippen LogP contribution in [0.2, 0.25) is 0 Å². The maximum atomic E-state index is 11.2. The molecule has 0 aliphatic heterocycles. The molecule has 1 aromatic rings. The highest BCUT2D eigenvalue weighted by Gasteiger charge is 2.25. The smallest absolute Gasteiger partial charge is 0.353 e. The van der Waals surface area contributed by atoms with Crippen LogP contribution in [0.4, 0.5) is 17.3 Å². The number of carbonyl (C=O) groups is 1. The molecule has 0 aliphatic carbocycles. The first-order chi connectivity index (χ1) is 9.51.